The lowest BCUT2D eigenvalue weighted by atomic mass is 10.0. The van der Waals surface area contributed by atoms with Crippen molar-refractivity contribution in [1.82, 2.24) is 0 Å². The van der Waals surface area contributed by atoms with Crippen molar-refractivity contribution in [2.45, 2.75) is 70.3 Å². The summed E-state index contributed by atoms with van der Waals surface area (Å²) in [6, 6.07) is 0. The molecule has 2 aliphatic rings. The highest BCUT2D eigenvalue weighted by atomic mass is 19.1. The molecule has 0 radical (unpaired) electrons. The number of hydrogen-bond donors (Lipinski definition) is 1. The fraction of sp³-hybridized carbons (Fsp3) is 1.00. The number of hydrogen-bond acceptors (Lipinski definition) is 5. The second kappa shape index (κ2) is 4.68. The van der Waals surface area contributed by atoms with Crippen molar-refractivity contribution in [3.05, 3.63) is 0 Å². The van der Waals surface area contributed by atoms with Crippen molar-refractivity contribution >= 4 is 0 Å². The van der Waals surface area contributed by atoms with Gasteiger partial charge in [-0.2, -0.15) is 0 Å². The summed E-state index contributed by atoms with van der Waals surface area (Å²) in [5.41, 5.74) is 0. The summed E-state index contributed by atoms with van der Waals surface area (Å²) in [6.07, 6.45) is -1.70. The Morgan fingerprint density at radius 2 is 2.06 bits per heavy atom. The first-order chi connectivity index (χ1) is 8.20. The Hall–Kier alpha value is -0.270. The molecule has 1 unspecified atom stereocenters. The topological polar surface area (TPSA) is 57.2 Å². The van der Waals surface area contributed by atoms with E-state index in [0.29, 0.717) is 6.42 Å². The van der Waals surface area contributed by atoms with Gasteiger partial charge in [-0.1, -0.05) is 0 Å². The van der Waals surface area contributed by atoms with Gasteiger partial charge in [-0.25, -0.2) is 4.39 Å². The van der Waals surface area contributed by atoms with Gasteiger partial charge in [0, 0.05) is 6.42 Å². The molecule has 18 heavy (non-hydrogen) atoms. The van der Waals surface area contributed by atoms with Crippen molar-refractivity contribution in [1.29, 1.82) is 0 Å². The average molecular weight is 264 g/mol. The molecule has 5 nitrogen and oxygen atoms in total. The van der Waals surface area contributed by atoms with Crippen LogP contribution in [-0.2, 0) is 18.9 Å². The minimum atomic E-state index is -1.33. The molecule has 0 aliphatic carbocycles. The van der Waals surface area contributed by atoms with Crippen LogP contribution in [0.3, 0.4) is 0 Å². The Morgan fingerprint density at radius 1 is 1.39 bits per heavy atom. The molecule has 0 aromatic heterocycles. The molecule has 0 aromatic rings. The highest BCUT2D eigenvalue weighted by Crippen LogP contribution is 2.38. The van der Waals surface area contributed by atoms with Crippen LogP contribution in [0.25, 0.3) is 0 Å². The zero-order chi connectivity index (χ0) is 13.6. The van der Waals surface area contributed by atoms with Crippen molar-refractivity contribution in [2.75, 3.05) is 6.67 Å². The largest absolute Gasteiger partial charge is 0.366 e. The van der Waals surface area contributed by atoms with Gasteiger partial charge in [0.1, 0.15) is 18.9 Å². The Labute approximate surface area is 106 Å². The molecule has 0 bridgehead atoms. The number of alkyl halides is 1. The summed E-state index contributed by atoms with van der Waals surface area (Å²) in [5, 5.41) is 9.60. The minimum absolute atomic E-state index is 0.276. The summed E-state index contributed by atoms with van der Waals surface area (Å²) < 4.78 is 35.1. The van der Waals surface area contributed by atoms with Gasteiger partial charge in [-0.3, -0.25) is 0 Å². The van der Waals surface area contributed by atoms with E-state index in [-0.39, 0.29) is 6.10 Å². The predicted molar refractivity (Wildman–Crippen MR) is 60.5 cm³/mol. The molecule has 2 rings (SSSR count). The number of aliphatic hydroxyl groups is 1. The van der Waals surface area contributed by atoms with Crippen LogP contribution in [0.4, 0.5) is 4.39 Å². The zero-order valence-electron chi connectivity index (χ0n) is 11.2. The molecule has 2 heterocycles. The summed E-state index contributed by atoms with van der Waals surface area (Å²) in [7, 11) is 0. The predicted octanol–water partition coefficient (Wildman–Crippen LogP) is 1.34. The minimum Gasteiger partial charge on any atom is -0.366 e. The second-order valence-electron chi connectivity index (χ2n) is 5.70. The van der Waals surface area contributed by atoms with E-state index in [4.69, 9.17) is 18.9 Å². The molecule has 1 N–H and O–H groups in total. The van der Waals surface area contributed by atoms with E-state index < -0.39 is 36.7 Å². The average Bonchev–Trinajstić information content (AvgIpc) is 2.48. The Balaban J connectivity index is 2.05. The Bertz CT molecular complexity index is 301. The first-order valence-electron chi connectivity index (χ1n) is 6.17. The third-order valence-electron chi connectivity index (χ3n) is 2.91. The van der Waals surface area contributed by atoms with Crippen LogP contribution in [0.2, 0.25) is 0 Å². The van der Waals surface area contributed by atoms with E-state index >= 15 is 0 Å². The maximum Gasteiger partial charge on any atom is 0.164 e. The van der Waals surface area contributed by atoms with Gasteiger partial charge in [-0.05, 0) is 27.7 Å². The van der Waals surface area contributed by atoms with Gasteiger partial charge < -0.3 is 24.1 Å². The summed E-state index contributed by atoms with van der Waals surface area (Å²) in [4.78, 5) is 0. The molecular weight excluding hydrogens is 243 g/mol. The summed E-state index contributed by atoms with van der Waals surface area (Å²) in [6.45, 7) is 5.90. The molecule has 106 valence electrons. The van der Waals surface area contributed by atoms with Gasteiger partial charge in [-0.15, -0.1) is 0 Å². The van der Waals surface area contributed by atoms with E-state index in [1.54, 1.807) is 13.8 Å². The molecule has 0 saturated carbocycles. The maximum absolute atomic E-state index is 13.0. The molecule has 2 fully saturated rings. The van der Waals surface area contributed by atoms with Crippen LogP contribution in [0.5, 0.6) is 0 Å². The number of rotatable bonds is 3. The molecule has 0 spiro atoms. The smallest absolute Gasteiger partial charge is 0.164 e. The Kier molecular flexibility index (Phi) is 3.68. The van der Waals surface area contributed by atoms with Gasteiger partial charge in [0.25, 0.3) is 0 Å². The molecule has 0 aromatic carbocycles. The highest BCUT2D eigenvalue weighted by molar-refractivity contribution is 4.91. The van der Waals surface area contributed by atoms with Gasteiger partial charge >= 0.3 is 0 Å². The molecule has 6 heteroatoms. The van der Waals surface area contributed by atoms with Crippen LogP contribution in [0, 0.1) is 0 Å². The second-order valence-corrected chi connectivity index (χ2v) is 5.70. The fourth-order valence-corrected chi connectivity index (χ4v) is 2.40. The van der Waals surface area contributed by atoms with E-state index in [1.807, 2.05) is 0 Å². The molecule has 2 saturated heterocycles. The number of ether oxygens (including phenoxy) is 4. The molecular formula is C12H21FO5. The van der Waals surface area contributed by atoms with Crippen LogP contribution in [-0.4, -0.2) is 48.0 Å². The van der Waals surface area contributed by atoms with Gasteiger partial charge in [0.05, 0.1) is 6.10 Å². The lowest BCUT2D eigenvalue weighted by Crippen LogP contribution is -2.50. The highest BCUT2D eigenvalue weighted by Gasteiger charge is 2.50. The summed E-state index contributed by atoms with van der Waals surface area (Å²) >= 11 is 0. The third-order valence-corrected chi connectivity index (χ3v) is 2.91. The first-order valence-corrected chi connectivity index (χ1v) is 6.17. The van der Waals surface area contributed by atoms with Gasteiger partial charge in [0.15, 0.2) is 17.9 Å². The lowest BCUT2D eigenvalue weighted by molar-refractivity contribution is -0.312. The summed E-state index contributed by atoms with van der Waals surface area (Å²) in [5.74, 6) is -2.07. The van der Waals surface area contributed by atoms with E-state index in [1.165, 1.54) is 13.8 Å². The molecule has 4 atom stereocenters. The Morgan fingerprint density at radius 3 is 2.61 bits per heavy atom. The quantitative estimate of drug-likeness (QED) is 0.779. The van der Waals surface area contributed by atoms with E-state index in [2.05, 4.69) is 0 Å². The third kappa shape index (κ3) is 3.19. The fourth-order valence-electron chi connectivity index (χ4n) is 2.40. The van der Waals surface area contributed by atoms with Crippen LogP contribution in [0.15, 0.2) is 0 Å². The van der Waals surface area contributed by atoms with Crippen LogP contribution in [0.1, 0.15) is 34.1 Å². The van der Waals surface area contributed by atoms with Crippen molar-refractivity contribution < 1.29 is 28.4 Å². The zero-order valence-corrected chi connectivity index (χ0v) is 11.2. The van der Waals surface area contributed by atoms with E-state index in [0.717, 1.165) is 0 Å². The van der Waals surface area contributed by atoms with Gasteiger partial charge in [0.2, 0.25) is 0 Å². The first kappa shape index (κ1) is 14.1. The number of halogens is 1. The molecule has 2 aliphatic heterocycles. The molecule has 0 amide bonds. The van der Waals surface area contributed by atoms with Crippen LogP contribution < -0.4 is 0 Å². The van der Waals surface area contributed by atoms with Crippen LogP contribution >= 0.6 is 0 Å². The standard InChI is InChI=1S/C12H21FO5/c1-11(2,14)17-9-5-7-10(8(6-13)15-9)18-12(3,4)16-7/h7-10,14H,5-6H2,1-4H3/t7-,8?,9-,10-/m1/s1. The number of fused-ring (bicyclic) bond motifs is 1. The van der Waals surface area contributed by atoms with E-state index in [9.17, 15) is 9.50 Å². The van der Waals surface area contributed by atoms with Crippen molar-refractivity contribution in [2.24, 2.45) is 0 Å². The van der Waals surface area contributed by atoms with Crippen molar-refractivity contribution in [3.63, 3.8) is 0 Å². The lowest BCUT2D eigenvalue weighted by Gasteiger charge is -2.37. The maximum atomic E-state index is 13.0. The van der Waals surface area contributed by atoms with Crippen molar-refractivity contribution in [3.8, 4) is 0 Å². The monoisotopic (exact) mass is 264 g/mol. The normalized spacial score (nSPS) is 39.7. The SMILES string of the molecule is CC(C)(O)O[C@@H]1C[C@H]2OC(C)(C)O[C@H]2C(CF)O1.